The molecule has 1 aromatic heterocycles. The highest BCUT2D eigenvalue weighted by Gasteiger charge is 2.04. The summed E-state index contributed by atoms with van der Waals surface area (Å²) < 4.78 is 0. The van der Waals surface area contributed by atoms with Gasteiger partial charge in [-0.25, -0.2) is 4.98 Å². The summed E-state index contributed by atoms with van der Waals surface area (Å²) in [6.07, 6.45) is 2.38. The Morgan fingerprint density at radius 3 is 2.92 bits per heavy atom. The van der Waals surface area contributed by atoms with Gasteiger partial charge in [0.2, 0.25) is 0 Å². The van der Waals surface area contributed by atoms with Crippen molar-refractivity contribution in [3.63, 3.8) is 0 Å². The van der Waals surface area contributed by atoms with Gasteiger partial charge in [-0.05, 0) is 18.6 Å². The van der Waals surface area contributed by atoms with Crippen LogP contribution >= 0.6 is 11.6 Å². The zero-order valence-corrected chi connectivity index (χ0v) is 8.14. The molecule has 0 aliphatic heterocycles. The third-order valence-electron chi connectivity index (χ3n) is 1.50. The van der Waals surface area contributed by atoms with E-state index in [1.807, 2.05) is 6.92 Å². The topological polar surface area (TPSA) is 42.0 Å². The van der Waals surface area contributed by atoms with Gasteiger partial charge in [0.05, 0.1) is 5.02 Å². The second-order valence-corrected chi connectivity index (χ2v) is 3.05. The number of hydrogen-bond acceptors (Lipinski definition) is 2. The molecule has 0 aliphatic carbocycles. The van der Waals surface area contributed by atoms with Crippen LogP contribution in [0.3, 0.4) is 0 Å². The van der Waals surface area contributed by atoms with E-state index in [9.17, 15) is 4.79 Å². The van der Waals surface area contributed by atoms with Crippen molar-refractivity contribution >= 4 is 17.5 Å². The van der Waals surface area contributed by atoms with Gasteiger partial charge in [-0.1, -0.05) is 18.5 Å². The molecule has 0 aliphatic rings. The fourth-order valence-corrected chi connectivity index (χ4v) is 0.951. The van der Waals surface area contributed by atoms with Gasteiger partial charge in [0, 0.05) is 12.7 Å². The summed E-state index contributed by atoms with van der Waals surface area (Å²) in [6, 6.07) is 3.25. The van der Waals surface area contributed by atoms with Crippen LogP contribution in [0.4, 0.5) is 0 Å². The van der Waals surface area contributed by atoms with Gasteiger partial charge < -0.3 is 5.32 Å². The Morgan fingerprint density at radius 1 is 1.62 bits per heavy atom. The fraction of sp³-hybridized carbons (Fsp3) is 0.333. The van der Waals surface area contributed by atoms with Crippen molar-refractivity contribution in [1.82, 2.24) is 10.3 Å². The molecule has 0 fully saturated rings. The van der Waals surface area contributed by atoms with Gasteiger partial charge in [-0.3, -0.25) is 4.79 Å². The molecule has 1 N–H and O–H groups in total. The quantitative estimate of drug-likeness (QED) is 0.806. The predicted molar refractivity (Wildman–Crippen MR) is 51.9 cm³/mol. The lowest BCUT2D eigenvalue weighted by Gasteiger charge is -2.01. The number of nitrogens with zero attached hydrogens (tertiary/aromatic N) is 1. The van der Waals surface area contributed by atoms with E-state index >= 15 is 0 Å². The van der Waals surface area contributed by atoms with Crippen molar-refractivity contribution in [3.8, 4) is 0 Å². The molecular weight excluding hydrogens is 188 g/mol. The standard InChI is InChI=1S/C9H11ClN2O/c1-2-5-11-9(13)8-4-3-7(10)6-12-8/h3-4,6H,2,5H2,1H3,(H,11,13). The maximum absolute atomic E-state index is 11.3. The maximum atomic E-state index is 11.3. The van der Waals surface area contributed by atoms with Crippen molar-refractivity contribution in [2.24, 2.45) is 0 Å². The first-order valence-electron chi connectivity index (χ1n) is 4.13. The van der Waals surface area contributed by atoms with Gasteiger partial charge in [-0.2, -0.15) is 0 Å². The van der Waals surface area contributed by atoms with Crippen LogP contribution in [0.15, 0.2) is 18.3 Å². The summed E-state index contributed by atoms with van der Waals surface area (Å²) >= 11 is 5.63. The molecule has 1 rings (SSSR count). The molecule has 13 heavy (non-hydrogen) atoms. The first-order valence-corrected chi connectivity index (χ1v) is 4.51. The lowest BCUT2D eigenvalue weighted by atomic mass is 10.3. The van der Waals surface area contributed by atoms with E-state index in [0.717, 1.165) is 6.42 Å². The number of hydrogen-bond donors (Lipinski definition) is 1. The van der Waals surface area contributed by atoms with Crippen molar-refractivity contribution in [2.45, 2.75) is 13.3 Å². The number of carbonyl (C=O) groups excluding carboxylic acids is 1. The number of pyridine rings is 1. The molecule has 1 amide bonds. The molecular formula is C9H11ClN2O. The Morgan fingerprint density at radius 2 is 2.38 bits per heavy atom. The van der Waals surface area contributed by atoms with E-state index < -0.39 is 0 Å². The van der Waals surface area contributed by atoms with Gasteiger partial charge in [0.25, 0.3) is 5.91 Å². The van der Waals surface area contributed by atoms with Crippen LogP contribution in [-0.2, 0) is 0 Å². The normalized spacial score (nSPS) is 9.69. The number of halogens is 1. The van der Waals surface area contributed by atoms with Crippen LogP contribution in [0.1, 0.15) is 23.8 Å². The van der Waals surface area contributed by atoms with Crippen molar-refractivity contribution in [1.29, 1.82) is 0 Å². The third kappa shape index (κ3) is 3.03. The number of aromatic nitrogens is 1. The summed E-state index contributed by atoms with van der Waals surface area (Å²) in [5.74, 6) is -0.154. The second-order valence-electron chi connectivity index (χ2n) is 2.62. The van der Waals surface area contributed by atoms with Crippen molar-refractivity contribution < 1.29 is 4.79 Å². The molecule has 0 radical (unpaired) electrons. The summed E-state index contributed by atoms with van der Waals surface area (Å²) in [5, 5.41) is 3.26. The number of amides is 1. The molecule has 1 aromatic rings. The zero-order valence-electron chi connectivity index (χ0n) is 7.38. The lowest BCUT2D eigenvalue weighted by Crippen LogP contribution is -2.24. The summed E-state index contributed by atoms with van der Waals surface area (Å²) in [4.78, 5) is 15.2. The van der Waals surface area contributed by atoms with Crippen molar-refractivity contribution in [2.75, 3.05) is 6.54 Å². The van der Waals surface area contributed by atoms with Gasteiger partial charge in [0.1, 0.15) is 5.69 Å². The number of rotatable bonds is 3. The Hall–Kier alpha value is -1.09. The highest BCUT2D eigenvalue weighted by Crippen LogP contribution is 2.05. The molecule has 0 atom stereocenters. The molecule has 0 spiro atoms. The smallest absolute Gasteiger partial charge is 0.269 e. The minimum absolute atomic E-state index is 0.154. The lowest BCUT2D eigenvalue weighted by molar-refractivity contribution is 0.0948. The van der Waals surface area contributed by atoms with Crippen molar-refractivity contribution in [3.05, 3.63) is 29.0 Å². The van der Waals surface area contributed by atoms with E-state index in [1.54, 1.807) is 12.1 Å². The van der Waals surface area contributed by atoms with Crippen LogP contribution in [0.5, 0.6) is 0 Å². The Labute approximate surface area is 82.1 Å². The average molecular weight is 199 g/mol. The molecule has 0 aromatic carbocycles. The van der Waals surface area contributed by atoms with E-state index in [4.69, 9.17) is 11.6 Å². The van der Waals surface area contributed by atoms with Gasteiger partial charge in [0.15, 0.2) is 0 Å². The number of carbonyl (C=O) groups is 1. The van der Waals surface area contributed by atoms with E-state index in [1.165, 1.54) is 6.20 Å². The minimum Gasteiger partial charge on any atom is -0.351 e. The molecule has 0 unspecified atom stereocenters. The van der Waals surface area contributed by atoms with Crippen LogP contribution < -0.4 is 5.32 Å². The highest BCUT2D eigenvalue weighted by molar-refractivity contribution is 6.30. The van der Waals surface area contributed by atoms with Crippen LogP contribution in [0.25, 0.3) is 0 Å². The summed E-state index contributed by atoms with van der Waals surface area (Å²) in [7, 11) is 0. The van der Waals surface area contributed by atoms with E-state index in [2.05, 4.69) is 10.3 Å². The molecule has 0 bridgehead atoms. The van der Waals surface area contributed by atoms with Crippen LogP contribution in [-0.4, -0.2) is 17.4 Å². The maximum Gasteiger partial charge on any atom is 0.269 e. The molecule has 0 saturated carbocycles. The van der Waals surface area contributed by atoms with E-state index in [-0.39, 0.29) is 5.91 Å². The molecule has 0 saturated heterocycles. The first-order chi connectivity index (χ1) is 6.24. The Kier molecular flexibility index (Phi) is 3.71. The Bertz CT molecular complexity index is 284. The van der Waals surface area contributed by atoms with Gasteiger partial charge >= 0.3 is 0 Å². The molecule has 3 nitrogen and oxygen atoms in total. The average Bonchev–Trinajstić information content (AvgIpc) is 2.15. The van der Waals surface area contributed by atoms with Gasteiger partial charge in [-0.15, -0.1) is 0 Å². The third-order valence-corrected chi connectivity index (χ3v) is 1.72. The summed E-state index contributed by atoms with van der Waals surface area (Å²) in [6.45, 7) is 2.67. The fourth-order valence-electron chi connectivity index (χ4n) is 0.839. The predicted octanol–water partition coefficient (Wildman–Crippen LogP) is 1.87. The monoisotopic (exact) mass is 198 g/mol. The zero-order chi connectivity index (χ0) is 9.68. The first kappa shape index (κ1) is 9.99. The minimum atomic E-state index is -0.154. The Balaban J connectivity index is 2.61. The largest absolute Gasteiger partial charge is 0.351 e. The molecule has 70 valence electrons. The highest BCUT2D eigenvalue weighted by atomic mass is 35.5. The SMILES string of the molecule is CCCNC(=O)c1ccc(Cl)cn1. The van der Waals surface area contributed by atoms with Crippen LogP contribution in [0, 0.1) is 0 Å². The van der Waals surface area contributed by atoms with Crippen LogP contribution in [0.2, 0.25) is 5.02 Å². The summed E-state index contributed by atoms with van der Waals surface area (Å²) in [5.41, 5.74) is 0.401. The molecule has 1 heterocycles. The second kappa shape index (κ2) is 4.82. The van der Waals surface area contributed by atoms with E-state index in [0.29, 0.717) is 17.3 Å². The number of nitrogens with one attached hydrogen (secondary N) is 1. The molecule has 4 heteroatoms.